The Labute approximate surface area is 101 Å². The summed E-state index contributed by atoms with van der Waals surface area (Å²) in [7, 11) is 4.82. The first-order valence-corrected chi connectivity index (χ1v) is 5.55. The molecule has 0 aromatic heterocycles. The van der Waals surface area contributed by atoms with Gasteiger partial charge in [0.25, 0.3) is 0 Å². The average molecular weight is 245 g/mol. The number of hydrogen-bond donors (Lipinski definition) is 0. The molecule has 1 rings (SSSR count). The van der Waals surface area contributed by atoms with Crippen LogP contribution in [0.25, 0.3) is 0 Å². The van der Waals surface area contributed by atoms with Crippen LogP contribution in [0.2, 0.25) is 0 Å². The molecule has 0 N–H and O–H groups in total. The van der Waals surface area contributed by atoms with E-state index < -0.39 is 0 Å². The van der Waals surface area contributed by atoms with E-state index in [0.717, 1.165) is 12.0 Å². The third kappa shape index (κ3) is 2.53. The van der Waals surface area contributed by atoms with Crippen molar-refractivity contribution in [3.63, 3.8) is 0 Å². The van der Waals surface area contributed by atoms with Gasteiger partial charge < -0.3 is 14.2 Å². The van der Waals surface area contributed by atoms with E-state index in [9.17, 15) is 0 Å². The lowest BCUT2D eigenvalue weighted by Crippen LogP contribution is -2.00. The standard InChI is InChI=1S/C12H17ClO3/c1-5-9(13)12-10(15-3)6-8(14-2)7-11(12)16-4/h6-7,9H,5H2,1-4H3. The second-order valence-corrected chi connectivity index (χ2v) is 3.85. The summed E-state index contributed by atoms with van der Waals surface area (Å²) in [5.41, 5.74) is 0.870. The van der Waals surface area contributed by atoms with Crippen LogP contribution in [-0.2, 0) is 0 Å². The Kier molecular flexibility index (Phi) is 4.74. The van der Waals surface area contributed by atoms with E-state index in [1.54, 1.807) is 21.3 Å². The van der Waals surface area contributed by atoms with Gasteiger partial charge in [0, 0.05) is 12.1 Å². The molecular weight excluding hydrogens is 228 g/mol. The van der Waals surface area contributed by atoms with Gasteiger partial charge in [-0.15, -0.1) is 11.6 Å². The summed E-state index contributed by atoms with van der Waals surface area (Å²) in [5, 5.41) is -0.129. The lowest BCUT2D eigenvalue weighted by atomic mass is 10.1. The molecule has 1 aromatic rings. The number of rotatable bonds is 5. The van der Waals surface area contributed by atoms with Crippen LogP contribution >= 0.6 is 11.6 Å². The molecule has 90 valence electrons. The molecule has 3 nitrogen and oxygen atoms in total. The van der Waals surface area contributed by atoms with E-state index in [1.807, 2.05) is 19.1 Å². The summed E-state index contributed by atoms with van der Waals surface area (Å²) >= 11 is 6.25. The summed E-state index contributed by atoms with van der Waals surface area (Å²) < 4.78 is 15.8. The molecule has 0 aliphatic carbocycles. The van der Waals surface area contributed by atoms with Crippen molar-refractivity contribution in [2.45, 2.75) is 18.7 Å². The van der Waals surface area contributed by atoms with E-state index in [2.05, 4.69) is 0 Å². The highest BCUT2D eigenvalue weighted by Gasteiger charge is 2.19. The van der Waals surface area contributed by atoms with Crippen molar-refractivity contribution in [3.8, 4) is 17.2 Å². The van der Waals surface area contributed by atoms with Gasteiger partial charge in [0.05, 0.1) is 32.3 Å². The van der Waals surface area contributed by atoms with Gasteiger partial charge in [0.2, 0.25) is 0 Å². The number of ether oxygens (including phenoxy) is 3. The SMILES string of the molecule is CCC(Cl)c1c(OC)cc(OC)cc1OC. The van der Waals surface area contributed by atoms with Gasteiger partial charge in [-0.2, -0.15) is 0 Å². The molecular formula is C12H17ClO3. The predicted molar refractivity (Wildman–Crippen MR) is 65.0 cm³/mol. The minimum Gasteiger partial charge on any atom is -0.496 e. The smallest absolute Gasteiger partial charge is 0.130 e. The number of benzene rings is 1. The van der Waals surface area contributed by atoms with Crippen LogP contribution in [-0.4, -0.2) is 21.3 Å². The summed E-state index contributed by atoms with van der Waals surface area (Å²) in [6, 6.07) is 3.62. The summed E-state index contributed by atoms with van der Waals surface area (Å²) in [6.07, 6.45) is 0.806. The first-order valence-electron chi connectivity index (χ1n) is 5.11. The molecule has 0 aliphatic rings. The van der Waals surface area contributed by atoms with Gasteiger partial charge >= 0.3 is 0 Å². The van der Waals surface area contributed by atoms with Crippen LogP contribution in [0.5, 0.6) is 17.2 Å². The normalized spacial score (nSPS) is 12.1. The minimum atomic E-state index is -0.129. The van der Waals surface area contributed by atoms with Gasteiger partial charge in [0.1, 0.15) is 17.2 Å². The van der Waals surface area contributed by atoms with Crippen LogP contribution in [0.3, 0.4) is 0 Å². The van der Waals surface area contributed by atoms with Crippen molar-refractivity contribution in [3.05, 3.63) is 17.7 Å². The molecule has 0 spiro atoms. The number of halogens is 1. The Balaban J connectivity index is 3.31. The van der Waals surface area contributed by atoms with Crippen LogP contribution in [0, 0.1) is 0 Å². The van der Waals surface area contributed by atoms with Crippen molar-refractivity contribution in [1.82, 2.24) is 0 Å². The predicted octanol–water partition coefficient (Wildman–Crippen LogP) is 3.40. The highest BCUT2D eigenvalue weighted by atomic mass is 35.5. The molecule has 1 atom stereocenters. The zero-order valence-electron chi connectivity index (χ0n) is 10.0. The van der Waals surface area contributed by atoms with E-state index in [-0.39, 0.29) is 5.38 Å². The molecule has 0 heterocycles. The third-order valence-corrected chi connectivity index (χ3v) is 2.95. The maximum atomic E-state index is 6.25. The average Bonchev–Trinajstić information content (AvgIpc) is 2.35. The lowest BCUT2D eigenvalue weighted by molar-refractivity contribution is 0.367. The number of alkyl halides is 1. The van der Waals surface area contributed by atoms with E-state index in [1.165, 1.54) is 0 Å². The monoisotopic (exact) mass is 244 g/mol. The largest absolute Gasteiger partial charge is 0.496 e. The van der Waals surface area contributed by atoms with E-state index in [4.69, 9.17) is 25.8 Å². The highest BCUT2D eigenvalue weighted by molar-refractivity contribution is 6.21. The van der Waals surface area contributed by atoms with Crippen molar-refractivity contribution in [1.29, 1.82) is 0 Å². The van der Waals surface area contributed by atoms with E-state index >= 15 is 0 Å². The van der Waals surface area contributed by atoms with Crippen LogP contribution in [0.4, 0.5) is 0 Å². The molecule has 1 unspecified atom stereocenters. The molecule has 0 radical (unpaired) electrons. The molecule has 0 saturated carbocycles. The maximum absolute atomic E-state index is 6.25. The van der Waals surface area contributed by atoms with Crippen LogP contribution in [0.1, 0.15) is 24.3 Å². The first kappa shape index (κ1) is 13.0. The molecule has 0 bridgehead atoms. The molecule has 0 saturated heterocycles. The summed E-state index contributed by atoms with van der Waals surface area (Å²) in [6.45, 7) is 2.01. The Morgan fingerprint density at radius 2 is 1.56 bits per heavy atom. The van der Waals surface area contributed by atoms with E-state index in [0.29, 0.717) is 17.2 Å². The lowest BCUT2D eigenvalue weighted by Gasteiger charge is -2.17. The zero-order valence-corrected chi connectivity index (χ0v) is 10.8. The fourth-order valence-corrected chi connectivity index (χ4v) is 1.76. The summed E-state index contributed by atoms with van der Waals surface area (Å²) in [4.78, 5) is 0. The fourth-order valence-electron chi connectivity index (χ4n) is 1.55. The van der Waals surface area contributed by atoms with Crippen LogP contribution < -0.4 is 14.2 Å². The Hall–Kier alpha value is -1.09. The molecule has 0 amide bonds. The number of hydrogen-bond acceptors (Lipinski definition) is 3. The number of methoxy groups -OCH3 is 3. The fraction of sp³-hybridized carbons (Fsp3) is 0.500. The zero-order chi connectivity index (χ0) is 12.1. The van der Waals surface area contributed by atoms with Gasteiger partial charge in [-0.05, 0) is 6.42 Å². The molecule has 4 heteroatoms. The van der Waals surface area contributed by atoms with Gasteiger partial charge in [-0.1, -0.05) is 6.92 Å². The quantitative estimate of drug-likeness (QED) is 0.743. The first-order chi connectivity index (χ1) is 7.67. The molecule has 0 fully saturated rings. The second kappa shape index (κ2) is 5.85. The summed E-state index contributed by atoms with van der Waals surface area (Å²) in [5.74, 6) is 2.08. The van der Waals surface area contributed by atoms with Crippen LogP contribution in [0.15, 0.2) is 12.1 Å². The third-order valence-electron chi connectivity index (χ3n) is 2.42. The molecule has 16 heavy (non-hydrogen) atoms. The van der Waals surface area contributed by atoms with Gasteiger partial charge in [-0.3, -0.25) is 0 Å². The second-order valence-electron chi connectivity index (χ2n) is 3.32. The Morgan fingerprint density at radius 3 is 1.88 bits per heavy atom. The van der Waals surface area contributed by atoms with Crippen molar-refractivity contribution >= 4 is 11.6 Å². The highest BCUT2D eigenvalue weighted by Crippen LogP contribution is 2.41. The topological polar surface area (TPSA) is 27.7 Å². The maximum Gasteiger partial charge on any atom is 0.130 e. The van der Waals surface area contributed by atoms with Gasteiger partial charge in [0.15, 0.2) is 0 Å². The van der Waals surface area contributed by atoms with Crippen molar-refractivity contribution < 1.29 is 14.2 Å². The Bertz CT molecular complexity index is 327. The minimum absolute atomic E-state index is 0.129. The molecule has 0 aliphatic heterocycles. The Morgan fingerprint density at radius 1 is 1.06 bits per heavy atom. The molecule has 1 aromatic carbocycles. The van der Waals surface area contributed by atoms with Gasteiger partial charge in [-0.25, -0.2) is 0 Å². The van der Waals surface area contributed by atoms with Crippen molar-refractivity contribution in [2.75, 3.05) is 21.3 Å². The van der Waals surface area contributed by atoms with Crippen molar-refractivity contribution in [2.24, 2.45) is 0 Å².